The van der Waals surface area contributed by atoms with Gasteiger partial charge in [0.15, 0.2) is 0 Å². The first-order chi connectivity index (χ1) is 14.6. The fourth-order valence-electron chi connectivity index (χ4n) is 3.12. The molecule has 0 aromatic heterocycles. The molecule has 0 spiro atoms. The first kappa shape index (κ1) is 22.6. The Morgan fingerprint density at radius 3 is 2.03 bits per heavy atom. The Labute approximate surface area is 180 Å². The molecular weight excluding hydrogens is 423 g/mol. The van der Waals surface area contributed by atoms with Gasteiger partial charge in [-0.25, -0.2) is 8.42 Å². The zero-order valence-electron chi connectivity index (χ0n) is 16.7. The number of terminal acetylenes is 1. The maximum atomic E-state index is 13.5. The highest BCUT2D eigenvalue weighted by Crippen LogP contribution is 2.33. The van der Waals surface area contributed by atoms with Crippen molar-refractivity contribution < 1.29 is 21.6 Å². The Morgan fingerprint density at radius 2 is 1.52 bits per heavy atom. The molecule has 0 fully saturated rings. The lowest BCUT2D eigenvalue weighted by atomic mass is 10.0. The highest BCUT2D eigenvalue weighted by molar-refractivity contribution is 7.89. The van der Waals surface area contributed by atoms with E-state index in [1.54, 1.807) is 42.5 Å². The summed E-state index contributed by atoms with van der Waals surface area (Å²) in [6.45, 7) is 1.80. The average molecular weight is 443 g/mol. The van der Waals surface area contributed by atoms with E-state index < -0.39 is 27.8 Å². The first-order valence-corrected chi connectivity index (χ1v) is 10.8. The van der Waals surface area contributed by atoms with Crippen molar-refractivity contribution in [2.75, 3.05) is 0 Å². The average Bonchev–Trinajstić information content (AvgIpc) is 2.74. The largest absolute Gasteiger partial charge is 0.416 e. The molecule has 0 heterocycles. The summed E-state index contributed by atoms with van der Waals surface area (Å²) in [6, 6.07) is 18.4. The first-order valence-electron chi connectivity index (χ1n) is 9.38. The standard InChI is InChI=1S/C24H20F3NO2S/c1-3-23(20-11-13-21(14-12-20)24(25,26)27)28(17-19-7-5-4-6-8-19)31(29,30)22-15-9-18(2)10-16-22/h1,4-16,23H,17H2,2H3. The molecule has 0 radical (unpaired) electrons. The van der Waals surface area contributed by atoms with Crippen LogP contribution in [0.4, 0.5) is 13.2 Å². The minimum atomic E-state index is -4.50. The van der Waals surface area contributed by atoms with Gasteiger partial charge in [0.25, 0.3) is 0 Å². The lowest BCUT2D eigenvalue weighted by Gasteiger charge is -2.28. The summed E-state index contributed by atoms with van der Waals surface area (Å²) in [7, 11) is -4.05. The topological polar surface area (TPSA) is 37.4 Å². The lowest BCUT2D eigenvalue weighted by Crippen LogP contribution is -2.34. The van der Waals surface area contributed by atoms with E-state index in [2.05, 4.69) is 5.92 Å². The Bertz CT molecular complexity index is 1160. The molecule has 0 aliphatic heterocycles. The summed E-state index contributed by atoms with van der Waals surface area (Å²) in [6.07, 6.45) is 1.21. The van der Waals surface area contributed by atoms with Gasteiger partial charge in [0.2, 0.25) is 10.0 Å². The van der Waals surface area contributed by atoms with Gasteiger partial charge >= 0.3 is 6.18 Å². The number of hydrogen-bond acceptors (Lipinski definition) is 2. The molecule has 0 aliphatic carbocycles. The molecule has 0 aliphatic rings. The summed E-state index contributed by atoms with van der Waals surface area (Å²) >= 11 is 0. The number of rotatable bonds is 6. The van der Waals surface area contributed by atoms with Crippen LogP contribution in [-0.4, -0.2) is 12.7 Å². The van der Waals surface area contributed by atoms with E-state index in [1.165, 1.54) is 24.3 Å². The Morgan fingerprint density at radius 1 is 0.935 bits per heavy atom. The van der Waals surface area contributed by atoms with Crippen LogP contribution in [0, 0.1) is 19.3 Å². The van der Waals surface area contributed by atoms with Crippen LogP contribution in [0.2, 0.25) is 0 Å². The third-order valence-electron chi connectivity index (χ3n) is 4.81. The normalized spacial score (nSPS) is 13.0. The van der Waals surface area contributed by atoms with E-state index in [1.807, 2.05) is 6.92 Å². The zero-order chi connectivity index (χ0) is 22.6. The van der Waals surface area contributed by atoms with E-state index in [-0.39, 0.29) is 17.0 Å². The third kappa shape index (κ3) is 5.16. The van der Waals surface area contributed by atoms with Crippen LogP contribution in [0.5, 0.6) is 0 Å². The van der Waals surface area contributed by atoms with Gasteiger partial charge in [-0.15, -0.1) is 6.42 Å². The number of hydrogen-bond donors (Lipinski definition) is 0. The number of alkyl halides is 3. The Kier molecular flexibility index (Phi) is 6.54. The Hall–Kier alpha value is -3.08. The van der Waals surface area contributed by atoms with E-state index in [0.29, 0.717) is 5.56 Å². The van der Waals surface area contributed by atoms with Crippen LogP contribution in [0.3, 0.4) is 0 Å². The van der Waals surface area contributed by atoms with Crippen molar-refractivity contribution in [1.82, 2.24) is 4.31 Å². The Balaban J connectivity index is 2.08. The van der Waals surface area contributed by atoms with Crippen molar-refractivity contribution in [2.24, 2.45) is 0 Å². The van der Waals surface area contributed by atoms with Crippen molar-refractivity contribution in [3.05, 3.63) is 101 Å². The number of aryl methyl sites for hydroxylation is 1. The molecule has 0 amide bonds. The van der Waals surface area contributed by atoms with Crippen LogP contribution in [0.15, 0.2) is 83.8 Å². The zero-order valence-corrected chi connectivity index (χ0v) is 17.5. The van der Waals surface area contributed by atoms with Gasteiger partial charge in [-0.05, 0) is 42.3 Å². The molecule has 160 valence electrons. The van der Waals surface area contributed by atoms with Crippen molar-refractivity contribution >= 4 is 10.0 Å². The van der Waals surface area contributed by atoms with Gasteiger partial charge in [-0.2, -0.15) is 17.5 Å². The van der Waals surface area contributed by atoms with E-state index in [4.69, 9.17) is 6.42 Å². The van der Waals surface area contributed by atoms with Gasteiger partial charge in [0.05, 0.1) is 10.5 Å². The van der Waals surface area contributed by atoms with Crippen molar-refractivity contribution in [3.63, 3.8) is 0 Å². The molecule has 3 aromatic rings. The second-order valence-corrected chi connectivity index (χ2v) is 8.93. The monoisotopic (exact) mass is 443 g/mol. The number of sulfonamides is 1. The minimum Gasteiger partial charge on any atom is -0.207 e. The molecular formula is C24H20F3NO2S. The minimum absolute atomic E-state index is 0.0348. The molecule has 0 bridgehead atoms. The summed E-state index contributed by atoms with van der Waals surface area (Å²) in [5.74, 6) is 2.45. The van der Waals surface area contributed by atoms with E-state index >= 15 is 0 Å². The molecule has 31 heavy (non-hydrogen) atoms. The predicted molar refractivity (Wildman–Crippen MR) is 113 cm³/mol. The van der Waals surface area contributed by atoms with Gasteiger partial charge in [-0.1, -0.05) is 66.1 Å². The molecule has 3 aromatic carbocycles. The predicted octanol–water partition coefficient (Wildman–Crippen LogP) is 5.58. The fourth-order valence-corrected chi connectivity index (χ4v) is 4.65. The van der Waals surface area contributed by atoms with Gasteiger partial charge in [0, 0.05) is 6.54 Å². The number of benzene rings is 3. The van der Waals surface area contributed by atoms with Gasteiger partial charge in [-0.3, -0.25) is 0 Å². The second kappa shape index (κ2) is 8.96. The fraction of sp³-hybridized carbons (Fsp3) is 0.167. The maximum absolute atomic E-state index is 13.5. The van der Waals surface area contributed by atoms with E-state index in [0.717, 1.165) is 22.0 Å². The summed E-state index contributed by atoms with van der Waals surface area (Å²) < 4.78 is 67.0. The smallest absolute Gasteiger partial charge is 0.207 e. The third-order valence-corrected chi connectivity index (χ3v) is 6.63. The molecule has 0 saturated carbocycles. The SMILES string of the molecule is C#CC(c1ccc(C(F)(F)F)cc1)N(Cc1ccccc1)S(=O)(=O)c1ccc(C)cc1. The van der Waals surface area contributed by atoms with Crippen molar-refractivity contribution in [2.45, 2.75) is 30.6 Å². The molecule has 7 heteroatoms. The second-order valence-electron chi connectivity index (χ2n) is 7.04. The van der Waals surface area contributed by atoms with Crippen LogP contribution >= 0.6 is 0 Å². The summed E-state index contributed by atoms with van der Waals surface area (Å²) in [4.78, 5) is 0.0567. The maximum Gasteiger partial charge on any atom is 0.416 e. The summed E-state index contributed by atoms with van der Waals surface area (Å²) in [5.41, 5.74) is 1.04. The van der Waals surface area contributed by atoms with Crippen LogP contribution in [0.25, 0.3) is 0 Å². The lowest BCUT2D eigenvalue weighted by molar-refractivity contribution is -0.137. The highest BCUT2D eigenvalue weighted by Gasteiger charge is 2.33. The van der Waals surface area contributed by atoms with Crippen LogP contribution in [-0.2, 0) is 22.7 Å². The quantitative estimate of drug-likeness (QED) is 0.467. The molecule has 3 rings (SSSR count). The molecule has 1 unspecified atom stereocenters. The molecule has 3 nitrogen and oxygen atoms in total. The van der Waals surface area contributed by atoms with E-state index in [9.17, 15) is 21.6 Å². The van der Waals surface area contributed by atoms with Crippen molar-refractivity contribution in [3.8, 4) is 12.3 Å². The highest BCUT2D eigenvalue weighted by atomic mass is 32.2. The van der Waals surface area contributed by atoms with Gasteiger partial charge in [0.1, 0.15) is 6.04 Å². The molecule has 0 saturated heterocycles. The summed E-state index contributed by atoms with van der Waals surface area (Å²) in [5, 5.41) is 0. The number of halogens is 3. The van der Waals surface area contributed by atoms with Crippen LogP contribution < -0.4 is 0 Å². The van der Waals surface area contributed by atoms with Crippen LogP contribution in [0.1, 0.15) is 28.3 Å². The van der Waals surface area contributed by atoms with Gasteiger partial charge < -0.3 is 0 Å². The molecule has 0 N–H and O–H groups in total. The number of nitrogens with zero attached hydrogens (tertiary/aromatic N) is 1. The molecule has 1 atom stereocenters. The van der Waals surface area contributed by atoms with Crippen molar-refractivity contribution in [1.29, 1.82) is 0 Å².